The van der Waals surface area contributed by atoms with Crippen molar-refractivity contribution in [1.82, 2.24) is 0 Å². The molecule has 0 saturated carbocycles. The molecule has 6 nitrogen and oxygen atoms in total. The average molecular weight is 407 g/mol. The maximum absolute atomic E-state index is 12.6. The van der Waals surface area contributed by atoms with Gasteiger partial charge in [-0.2, -0.15) is 0 Å². The van der Waals surface area contributed by atoms with Gasteiger partial charge in [-0.1, -0.05) is 30.3 Å². The van der Waals surface area contributed by atoms with Crippen LogP contribution >= 0.6 is 0 Å². The Kier molecular flexibility index (Phi) is 7.29. The van der Waals surface area contributed by atoms with Crippen LogP contribution in [0.4, 0.5) is 5.69 Å². The van der Waals surface area contributed by atoms with Crippen LogP contribution in [0.5, 0.6) is 23.0 Å². The van der Waals surface area contributed by atoms with Crippen molar-refractivity contribution in [2.75, 3.05) is 33.1 Å². The van der Waals surface area contributed by atoms with Gasteiger partial charge in [0, 0.05) is 5.56 Å². The quantitative estimate of drug-likeness (QED) is 0.572. The number of carbonyl (C=O) groups excluding carboxylic acids is 1. The molecule has 1 unspecified atom stereocenters. The van der Waals surface area contributed by atoms with Crippen molar-refractivity contribution in [3.63, 3.8) is 0 Å². The van der Waals surface area contributed by atoms with Crippen LogP contribution in [0.1, 0.15) is 5.56 Å². The van der Waals surface area contributed by atoms with E-state index in [0.717, 1.165) is 16.2 Å². The van der Waals surface area contributed by atoms with Gasteiger partial charge in [-0.05, 0) is 42.5 Å². The Morgan fingerprint density at radius 1 is 0.867 bits per heavy atom. The van der Waals surface area contributed by atoms with Gasteiger partial charge >= 0.3 is 0 Å². The molecule has 3 aromatic carbocycles. The molecule has 3 aromatic rings. The molecule has 1 amide bonds. The number of benzene rings is 3. The molecule has 1 atom stereocenters. The summed E-state index contributed by atoms with van der Waals surface area (Å²) in [7, 11) is 5.20. The molecule has 0 heterocycles. The Labute approximate surface area is 177 Å². The van der Waals surface area contributed by atoms with Crippen molar-refractivity contribution in [3.8, 4) is 23.0 Å². The van der Waals surface area contributed by atoms with Crippen LogP contribution in [0.3, 0.4) is 0 Å². The zero-order chi connectivity index (χ0) is 21.3. The van der Waals surface area contributed by atoms with Gasteiger partial charge in [0.25, 0.3) is 5.91 Å². The lowest BCUT2D eigenvalue weighted by Crippen LogP contribution is -3.08. The molecule has 6 heteroatoms. The van der Waals surface area contributed by atoms with Gasteiger partial charge < -0.3 is 24.4 Å². The van der Waals surface area contributed by atoms with Crippen LogP contribution in [-0.2, 0) is 11.3 Å². The normalized spacial score (nSPS) is 11.4. The minimum absolute atomic E-state index is 0.0860. The minimum atomic E-state index is -0.0860. The van der Waals surface area contributed by atoms with Gasteiger partial charge in [0.15, 0.2) is 23.8 Å². The highest BCUT2D eigenvalue weighted by atomic mass is 16.5. The van der Waals surface area contributed by atoms with Crippen LogP contribution < -0.4 is 24.4 Å². The van der Waals surface area contributed by atoms with E-state index in [9.17, 15) is 4.79 Å². The number of nitrogens with one attached hydrogen (secondary N) is 2. The molecule has 0 aliphatic carbocycles. The third-order valence-corrected chi connectivity index (χ3v) is 4.55. The Morgan fingerprint density at radius 3 is 2.30 bits per heavy atom. The summed E-state index contributed by atoms with van der Waals surface area (Å²) in [6.45, 7) is 0.990. The molecule has 156 valence electrons. The van der Waals surface area contributed by atoms with Crippen molar-refractivity contribution in [1.29, 1.82) is 0 Å². The van der Waals surface area contributed by atoms with E-state index in [1.54, 1.807) is 14.2 Å². The molecule has 0 saturated heterocycles. The summed E-state index contributed by atoms with van der Waals surface area (Å²) in [6, 6.07) is 22.7. The number of carbonyl (C=O) groups is 1. The van der Waals surface area contributed by atoms with Gasteiger partial charge in [-0.15, -0.1) is 0 Å². The second-order valence-corrected chi connectivity index (χ2v) is 6.96. The Balaban J connectivity index is 1.60. The average Bonchev–Trinajstić information content (AvgIpc) is 2.75. The first-order chi connectivity index (χ1) is 14.6. The zero-order valence-corrected chi connectivity index (χ0v) is 17.5. The van der Waals surface area contributed by atoms with Crippen molar-refractivity contribution in [2.24, 2.45) is 0 Å². The molecule has 0 aromatic heterocycles. The maximum atomic E-state index is 12.6. The summed E-state index contributed by atoms with van der Waals surface area (Å²) in [5.74, 6) is 2.60. The van der Waals surface area contributed by atoms with E-state index in [-0.39, 0.29) is 5.91 Å². The molecule has 2 N–H and O–H groups in total. The number of quaternary nitrogens is 1. The number of anilines is 1. The van der Waals surface area contributed by atoms with Crippen LogP contribution in [0.15, 0.2) is 72.8 Å². The van der Waals surface area contributed by atoms with E-state index >= 15 is 0 Å². The third-order valence-electron chi connectivity index (χ3n) is 4.55. The highest BCUT2D eigenvalue weighted by Gasteiger charge is 2.14. The molecule has 0 fully saturated rings. The number of amides is 1. The standard InChI is InChI=1S/C24H26N2O4/c1-26(16-18-13-14-22(28-2)23(15-18)29-3)17-24(27)25-20-11-7-8-12-21(20)30-19-9-5-4-6-10-19/h4-15H,16-17H2,1-3H3,(H,25,27)/p+1. The van der Waals surface area contributed by atoms with Gasteiger partial charge in [0.1, 0.15) is 12.3 Å². The highest BCUT2D eigenvalue weighted by molar-refractivity contribution is 5.93. The highest BCUT2D eigenvalue weighted by Crippen LogP contribution is 2.29. The number of likely N-dealkylation sites (N-methyl/N-ethyl adjacent to an activating group) is 1. The number of ether oxygens (including phenoxy) is 3. The van der Waals surface area contributed by atoms with Crippen molar-refractivity contribution in [3.05, 3.63) is 78.4 Å². The van der Waals surface area contributed by atoms with Crippen molar-refractivity contribution < 1.29 is 23.9 Å². The first-order valence-electron chi connectivity index (χ1n) is 9.73. The Morgan fingerprint density at radius 2 is 1.57 bits per heavy atom. The summed E-state index contributed by atoms with van der Waals surface area (Å²) in [4.78, 5) is 13.7. The van der Waals surface area contributed by atoms with Gasteiger partial charge in [0.2, 0.25) is 0 Å². The largest absolute Gasteiger partial charge is 0.493 e. The Bertz CT molecular complexity index is 976. The number of hydrogen-bond acceptors (Lipinski definition) is 4. The summed E-state index contributed by atoms with van der Waals surface area (Å²) >= 11 is 0. The molecular formula is C24H27N2O4+. The van der Waals surface area contributed by atoms with Crippen LogP contribution in [-0.4, -0.2) is 33.7 Å². The number of hydrogen-bond donors (Lipinski definition) is 2. The molecule has 30 heavy (non-hydrogen) atoms. The number of rotatable bonds is 9. The molecule has 0 aliphatic heterocycles. The van der Waals surface area contributed by atoms with Gasteiger partial charge in [-0.25, -0.2) is 0 Å². The van der Waals surface area contributed by atoms with E-state index in [1.165, 1.54) is 0 Å². The van der Waals surface area contributed by atoms with Crippen LogP contribution in [0.2, 0.25) is 0 Å². The van der Waals surface area contributed by atoms with Crippen LogP contribution in [0, 0.1) is 0 Å². The van der Waals surface area contributed by atoms with Gasteiger partial charge in [-0.3, -0.25) is 4.79 Å². The lowest BCUT2D eigenvalue weighted by Gasteiger charge is -2.16. The van der Waals surface area contributed by atoms with Crippen LogP contribution in [0.25, 0.3) is 0 Å². The van der Waals surface area contributed by atoms with E-state index in [1.807, 2.05) is 79.8 Å². The second kappa shape index (κ2) is 10.3. The fourth-order valence-corrected chi connectivity index (χ4v) is 3.14. The smallest absolute Gasteiger partial charge is 0.279 e. The summed E-state index contributed by atoms with van der Waals surface area (Å²) in [5.41, 5.74) is 1.70. The molecule has 3 rings (SSSR count). The summed E-state index contributed by atoms with van der Waals surface area (Å²) in [5, 5.41) is 2.96. The first kappa shape index (κ1) is 21.2. The fraction of sp³-hybridized carbons (Fsp3) is 0.208. The van der Waals surface area contributed by atoms with Crippen molar-refractivity contribution in [2.45, 2.75) is 6.54 Å². The summed E-state index contributed by atoms with van der Waals surface area (Å²) < 4.78 is 16.5. The minimum Gasteiger partial charge on any atom is -0.493 e. The Hall–Kier alpha value is -3.51. The van der Waals surface area contributed by atoms with Gasteiger partial charge in [0.05, 0.1) is 27.0 Å². The SMILES string of the molecule is COc1ccc(C[NH+](C)CC(=O)Nc2ccccc2Oc2ccccc2)cc1OC. The second-order valence-electron chi connectivity index (χ2n) is 6.96. The fourth-order valence-electron chi connectivity index (χ4n) is 3.14. The lowest BCUT2D eigenvalue weighted by molar-refractivity contribution is -0.885. The molecule has 0 bridgehead atoms. The predicted molar refractivity (Wildman–Crippen MR) is 117 cm³/mol. The topological polar surface area (TPSA) is 61.2 Å². The molecular weight excluding hydrogens is 380 g/mol. The lowest BCUT2D eigenvalue weighted by atomic mass is 10.2. The summed E-state index contributed by atoms with van der Waals surface area (Å²) in [6.07, 6.45) is 0. The predicted octanol–water partition coefficient (Wildman–Crippen LogP) is 3.15. The molecule has 0 aliphatic rings. The number of para-hydroxylation sites is 3. The van der Waals surface area contributed by atoms with E-state index < -0.39 is 0 Å². The zero-order valence-electron chi connectivity index (χ0n) is 17.5. The third kappa shape index (κ3) is 5.75. The molecule has 0 spiro atoms. The van der Waals surface area contributed by atoms with E-state index in [4.69, 9.17) is 14.2 Å². The molecule has 0 radical (unpaired) electrons. The first-order valence-corrected chi connectivity index (χ1v) is 9.73. The number of methoxy groups -OCH3 is 2. The van der Waals surface area contributed by atoms with E-state index in [0.29, 0.717) is 36.0 Å². The monoisotopic (exact) mass is 407 g/mol. The maximum Gasteiger partial charge on any atom is 0.279 e. The van der Waals surface area contributed by atoms with E-state index in [2.05, 4.69) is 5.32 Å². The van der Waals surface area contributed by atoms with Crippen molar-refractivity contribution >= 4 is 11.6 Å².